The van der Waals surface area contributed by atoms with Gasteiger partial charge in [-0.15, -0.1) is 0 Å². The number of carbonyl (C=O) groups is 1. The van der Waals surface area contributed by atoms with Gasteiger partial charge in [0.05, 0.1) is 6.54 Å². The maximum Gasteiger partial charge on any atom is 0.184 e. The van der Waals surface area contributed by atoms with Gasteiger partial charge in [0.15, 0.2) is 5.78 Å². The topological polar surface area (TPSA) is 39.8 Å². The molecule has 0 radical (unpaired) electrons. The zero-order chi connectivity index (χ0) is 14.0. The minimum atomic E-state index is 0.150. The molecule has 0 aliphatic carbocycles. The van der Waals surface area contributed by atoms with E-state index in [1.807, 2.05) is 42.3 Å². The first-order valence-electron chi connectivity index (χ1n) is 6.70. The van der Waals surface area contributed by atoms with Gasteiger partial charge in [-0.2, -0.15) is 0 Å². The third-order valence-electron chi connectivity index (χ3n) is 3.66. The predicted molar refractivity (Wildman–Crippen MR) is 75.4 cm³/mol. The van der Waals surface area contributed by atoms with Gasteiger partial charge in [0, 0.05) is 42.8 Å². The highest BCUT2D eigenvalue weighted by atomic mass is 16.1. The van der Waals surface area contributed by atoms with Gasteiger partial charge in [-0.25, -0.2) is 4.98 Å². The molecule has 4 nitrogen and oxygen atoms in total. The Kier molecular flexibility index (Phi) is 3.88. The van der Waals surface area contributed by atoms with Crippen molar-refractivity contribution in [2.24, 2.45) is 7.05 Å². The van der Waals surface area contributed by atoms with E-state index < -0.39 is 0 Å². The fraction of sp³-hybridized carbons (Fsp3) is 0.467. The van der Waals surface area contributed by atoms with Gasteiger partial charge < -0.3 is 9.13 Å². The van der Waals surface area contributed by atoms with Crippen LogP contribution in [0.2, 0.25) is 0 Å². The maximum atomic E-state index is 12.4. The van der Waals surface area contributed by atoms with E-state index in [0.29, 0.717) is 6.54 Å². The molecule has 0 amide bonds. The number of ketones is 1. The Balaban J connectivity index is 2.21. The van der Waals surface area contributed by atoms with Crippen LogP contribution < -0.4 is 0 Å². The van der Waals surface area contributed by atoms with Crippen LogP contribution in [0.4, 0.5) is 0 Å². The minimum Gasteiger partial charge on any atom is -0.351 e. The molecule has 0 atom stereocenters. The molecule has 0 aliphatic rings. The molecule has 0 bridgehead atoms. The number of Topliss-reactive ketones (excluding diaryl/α,β-unsaturated/α-hetero) is 1. The van der Waals surface area contributed by atoms with Crippen molar-refractivity contribution in [2.75, 3.05) is 0 Å². The lowest BCUT2D eigenvalue weighted by Crippen LogP contribution is -2.13. The van der Waals surface area contributed by atoms with Crippen molar-refractivity contribution in [3.63, 3.8) is 0 Å². The van der Waals surface area contributed by atoms with Gasteiger partial charge in [-0.05, 0) is 26.3 Å². The highest BCUT2D eigenvalue weighted by Gasteiger charge is 2.15. The lowest BCUT2D eigenvalue weighted by Gasteiger charge is -2.06. The molecule has 0 aliphatic heterocycles. The first-order chi connectivity index (χ1) is 9.04. The van der Waals surface area contributed by atoms with E-state index in [9.17, 15) is 4.79 Å². The van der Waals surface area contributed by atoms with E-state index in [2.05, 4.69) is 11.9 Å². The van der Waals surface area contributed by atoms with Crippen LogP contribution in [0.5, 0.6) is 0 Å². The molecule has 0 aromatic carbocycles. The van der Waals surface area contributed by atoms with Gasteiger partial charge in [-0.3, -0.25) is 4.79 Å². The van der Waals surface area contributed by atoms with E-state index in [0.717, 1.165) is 35.6 Å². The van der Waals surface area contributed by atoms with Crippen molar-refractivity contribution >= 4 is 5.78 Å². The number of aromatic nitrogens is 3. The third-order valence-corrected chi connectivity index (χ3v) is 3.66. The second kappa shape index (κ2) is 5.43. The van der Waals surface area contributed by atoms with Crippen LogP contribution in [0.3, 0.4) is 0 Å². The molecule has 0 spiro atoms. The molecule has 2 aromatic heterocycles. The summed E-state index contributed by atoms with van der Waals surface area (Å²) in [7, 11) is 1.99. The molecule has 0 saturated heterocycles. The highest BCUT2D eigenvalue weighted by molar-refractivity contribution is 5.97. The molecular weight excluding hydrogens is 238 g/mol. The van der Waals surface area contributed by atoms with Crippen molar-refractivity contribution in [2.45, 2.75) is 40.2 Å². The van der Waals surface area contributed by atoms with Crippen LogP contribution in [-0.4, -0.2) is 19.9 Å². The Morgan fingerprint density at radius 1 is 1.37 bits per heavy atom. The Morgan fingerprint density at radius 2 is 2.11 bits per heavy atom. The summed E-state index contributed by atoms with van der Waals surface area (Å²) in [5, 5.41) is 0. The fourth-order valence-electron chi connectivity index (χ4n) is 2.31. The van der Waals surface area contributed by atoms with Crippen molar-refractivity contribution in [3.05, 3.63) is 41.2 Å². The normalized spacial score (nSPS) is 10.9. The third kappa shape index (κ3) is 2.62. The molecule has 19 heavy (non-hydrogen) atoms. The quantitative estimate of drug-likeness (QED) is 0.774. The summed E-state index contributed by atoms with van der Waals surface area (Å²) < 4.78 is 4.00. The summed E-state index contributed by atoms with van der Waals surface area (Å²) in [5.74, 6) is 1.14. The zero-order valence-electron chi connectivity index (χ0n) is 12.1. The Labute approximate surface area is 114 Å². The highest BCUT2D eigenvalue weighted by Crippen LogP contribution is 2.15. The lowest BCUT2D eigenvalue weighted by molar-refractivity contribution is 0.0970. The molecule has 0 N–H and O–H groups in total. The molecule has 102 valence electrons. The van der Waals surface area contributed by atoms with Gasteiger partial charge in [0.2, 0.25) is 0 Å². The van der Waals surface area contributed by atoms with E-state index in [4.69, 9.17) is 0 Å². The Morgan fingerprint density at radius 3 is 2.68 bits per heavy atom. The summed E-state index contributed by atoms with van der Waals surface area (Å²) >= 11 is 0. The van der Waals surface area contributed by atoms with Crippen LogP contribution in [0.15, 0.2) is 18.5 Å². The monoisotopic (exact) mass is 259 g/mol. The molecule has 2 aromatic rings. The van der Waals surface area contributed by atoms with E-state index in [-0.39, 0.29) is 5.78 Å². The second-order valence-corrected chi connectivity index (χ2v) is 4.99. The molecule has 2 heterocycles. The van der Waals surface area contributed by atoms with E-state index >= 15 is 0 Å². The number of imidazole rings is 1. The van der Waals surface area contributed by atoms with Crippen LogP contribution in [0.1, 0.15) is 40.9 Å². The fourth-order valence-corrected chi connectivity index (χ4v) is 2.31. The van der Waals surface area contributed by atoms with Gasteiger partial charge in [0.1, 0.15) is 5.82 Å². The largest absolute Gasteiger partial charge is 0.351 e. The van der Waals surface area contributed by atoms with Gasteiger partial charge in [0.25, 0.3) is 0 Å². The lowest BCUT2D eigenvalue weighted by atomic mass is 10.1. The Bertz CT molecular complexity index is 593. The number of nitrogens with zero attached hydrogens (tertiary/aromatic N) is 3. The molecule has 2 rings (SSSR count). The summed E-state index contributed by atoms with van der Waals surface area (Å²) in [6.45, 7) is 6.50. The minimum absolute atomic E-state index is 0.150. The first-order valence-corrected chi connectivity index (χ1v) is 6.70. The summed E-state index contributed by atoms with van der Waals surface area (Å²) in [6, 6.07) is 1.97. The average Bonchev–Trinajstić information content (AvgIpc) is 2.90. The van der Waals surface area contributed by atoms with E-state index in [1.54, 1.807) is 6.20 Å². The van der Waals surface area contributed by atoms with Crippen molar-refractivity contribution in [1.29, 1.82) is 0 Å². The average molecular weight is 259 g/mol. The number of aryl methyl sites for hydroxylation is 2. The van der Waals surface area contributed by atoms with Crippen LogP contribution in [-0.2, 0) is 20.0 Å². The molecule has 0 saturated carbocycles. The van der Waals surface area contributed by atoms with Gasteiger partial charge >= 0.3 is 0 Å². The van der Waals surface area contributed by atoms with Crippen molar-refractivity contribution < 1.29 is 4.79 Å². The molecule has 0 fully saturated rings. The predicted octanol–water partition coefficient (Wildman–Crippen LogP) is 2.67. The summed E-state index contributed by atoms with van der Waals surface area (Å²) in [6.07, 6.45) is 5.59. The smallest absolute Gasteiger partial charge is 0.184 e. The summed E-state index contributed by atoms with van der Waals surface area (Å²) in [4.78, 5) is 16.7. The van der Waals surface area contributed by atoms with Crippen molar-refractivity contribution in [1.82, 2.24) is 14.1 Å². The van der Waals surface area contributed by atoms with Crippen LogP contribution >= 0.6 is 0 Å². The summed E-state index contributed by atoms with van der Waals surface area (Å²) in [5.41, 5.74) is 2.95. The van der Waals surface area contributed by atoms with Gasteiger partial charge in [-0.1, -0.05) is 6.92 Å². The number of hydrogen-bond acceptors (Lipinski definition) is 2. The van der Waals surface area contributed by atoms with Crippen LogP contribution in [0, 0.1) is 13.8 Å². The number of rotatable bonds is 5. The van der Waals surface area contributed by atoms with Crippen LogP contribution in [0.25, 0.3) is 0 Å². The van der Waals surface area contributed by atoms with E-state index in [1.165, 1.54) is 0 Å². The van der Waals surface area contributed by atoms with Crippen molar-refractivity contribution in [3.8, 4) is 0 Å². The standard InChI is InChI=1S/C15H21N3O/c1-5-6-15-16-7-8-18(15)10-14(19)13-9-11(2)17(4)12(13)3/h7-9H,5-6,10H2,1-4H3. The first kappa shape index (κ1) is 13.6. The number of carbonyl (C=O) groups excluding carboxylic acids is 1. The number of hydrogen-bond donors (Lipinski definition) is 0. The maximum absolute atomic E-state index is 12.4. The Hall–Kier alpha value is -1.84. The second-order valence-electron chi connectivity index (χ2n) is 4.99. The molecule has 4 heteroatoms. The zero-order valence-corrected chi connectivity index (χ0v) is 12.1. The SMILES string of the molecule is CCCc1nccn1CC(=O)c1cc(C)n(C)c1C. The molecular formula is C15H21N3O. The molecule has 0 unspecified atom stereocenters.